The summed E-state index contributed by atoms with van der Waals surface area (Å²) < 4.78 is 10.8. The van der Waals surface area contributed by atoms with Crippen LogP contribution in [0.4, 0.5) is 0 Å². The lowest BCUT2D eigenvalue weighted by molar-refractivity contribution is -0.142. The van der Waals surface area contributed by atoms with Crippen LogP contribution < -0.4 is 0 Å². The molecule has 0 saturated carbocycles. The number of aromatic nitrogens is 2. The largest absolute Gasteiger partial charge is 0.466 e. The molecular formula is C17H20N2O4S2. The average molecular weight is 380 g/mol. The van der Waals surface area contributed by atoms with Crippen LogP contribution in [-0.2, 0) is 20.7 Å². The summed E-state index contributed by atoms with van der Waals surface area (Å²) in [7, 11) is 0. The summed E-state index contributed by atoms with van der Waals surface area (Å²) in [4.78, 5) is 33.5. The molecule has 0 spiro atoms. The molecule has 0 radical (unpaired) electrons. The molecule has 0 amide bonds. The van der Waals surface area contributed by atoms with Crippen LogP contribution in [0.1, 0.15) is 40.3 Å². The molecule has 2 rings (SSSR count). The molecular weight excluding hydrogens is 360 g/mol. The Morgan fingerprint density at radius 2 is 1.92 bits per heavy atom. The van der Waals surface area contributed by atoms with E-state index in [2.05, 4.69) is 9.97 Å². The summed E-state index contributed by atoms with van der Waals surface area (Å²) in [5, 5.41) is 0.551. The molecule has 0 bridgehead atoms. The molecule has 0 atom stereocenters. The molecule has 134 valence electrons. The van der Waals surface area contributed by atoms with E-state index < -0.39 is 5.97 Å². The van der Waals surface area contributed by atoms with Gasteiger partial charge in [0.05, 0.1) is 30.9 Å². The molecule has 0 unspecified atom stereocenters. The lowest BCUT2D eigenvalue weighted by Gasteiger charge is -2.08. The number of rotatable bonds is 7. The van der Waals surface area contributed by atoms with Gasteiger partial charge in [0.1, 0.15) is 5.03 Å². The van der Waals surface area contributed by atoms with Gasteiger partial charge in [0.2, 0.25) is 0 Å². The quantitative estimate of drug-likeness (QED) is 0.679. The summed E-state index contributed by atoms with van der Waals surface area (Å²) in [5.41, 5.74) is 2.04. The van der Waals surface area contributed by atoms with Crippen molar-refractivity contribution < 1.29 is 19.1 Å². The smallest absolute Gasteiger partial charge is 0.341 e. The number of esters is 2. The first-order valence-electron chi connectivity index (χ1n) is 7.88. The van der Waals surface area contributed by atoms with E-state index in [4.69, 9.17) is 9.47 Å². The van der Waals surface area contributed by atoms with Crippen LogP contribution in [0.2, 0.25) is 0 Å². The second-order valence-corrected chi connectivity index (χ2v) is 7.42. The van der Waals surface area contributed by atoms with Crippen molar-refractivity contribution in [3.8, 4) is 0 Å². The second kappa shape index (κ2) is 8.96. The van der Waals surface area contributed by atoms with Crippen LogP contribution >= 0.6 is 23.1 Å². The van der Waals surface area contributed by atoms with Crippen LogP contribution in [-0.4, -0.2) is 35.1 Å². The third kappa shape index (κ3) is 5.02. The Balaban J connectivity index is 2.24. The fraction of sp³-hybridized carbons (Fsp3) is 0.412. The lowest BCUT2D eigenvalue weighted by atomic mass is 10.2. The Kier molecular flexibility index (Phi) is 6.95. The van der Waals surface area contributed by atoms with E-state index in [1.54, 1.807) is 26.1 Å². The molecule has 8 heteroatoms. The Labute approximate surface area is 155 Å². The van der Waals surface area contributed by atoms with Gasteiger partial charge in [-0.2, -0.15) is 0 Å². The highest BCUT2D eigenvalue weighted by molar-refractivity contribution is 8.01. The summed E-state index contributed by atoms with van der Waals surface area (Å²) in [6.07, 6.45) is 1.85. The fourth-order valence-electron chi connectivity index (χ4n) is 2.10. The Morgan fingerprint density at radius 1 is 1.20 bits per heavy atom. The topological polar surface area (TPSA) is 78.4 Å². The first-order chi connectivity index (χ1) is 12.0. The highest BCUT2D eigenvalue weighted by atomic mass is 32.2. The number of carbonyl (C=O) groups excluding carboxylic acids is 2. The zero-order valence-electron chi connectivity index (χ0n) is 14.6. The fourth-order valence-corrected chi connectivity index (χ4v) is 4.39. The van der Waals surface area contributed by atoms with Crippen molar-refractivity contribution in [3.63, 3.8) is 0 Å². The van der Waals surface area contributed by atoms with E-state index in [0.29, 0.717) is 23.8 Å². The van der Waals surface area contributed by atoms with Crippen LogP contribution in [0, 0.1) is 13.8 Å². The van der Waals surface area contributed by atoms with Gasteiger partial charge in [-0.1, -0.05) is 0 Å². The first kappa shape index (κ1) is 19.4. The van der Waals surface area contributed by atoms with E-state index >= 15 is 0 Å². The predicted molar refractivity (Wildman–Crippen MR) is 96.2 cm³/mol. The van der Waals surface area contributed by atoms with Crippen molar-refractivity contribution in [3.05, 3.63) is 34.0 Å². The van der Waals surface area contributed by atoms with Crippen molar-refractivity contribution in [2.24, 2.45) is 0 Å². The zero-order valence-corrected chi connectivity index (χ0v) is 16.3. The molecule has 0 aliphatic rings. The summed E-state index contributed by atoms with van der Waals surface area (Å²) in [6, 6.07) is 1.77. The summed E-state index contributed by atoms with van der Waals surface area (Å²) in [5.74, 6) is -0.665. The minimum Gasteiger partial charge on any atom is -0.466 e. The van der Waals surface area contributed by atoms with Crippen molar-refractivity contribution in [2.45, 2.75) is 43.5 Å². The standard InChI is InChI=1S/C17H20N2O4S2/c1-5-22-13(20)9-12-11(4)19-17(24-12)25-15-14(16(21)23-6-2)10(3)7-8-18-15/h7-8H,5-6,9H2,1-4H3. The Hall–Kier alpha value is -1.93. The number of carbonyl (C=O) groups is 2. The maximum Gasteiger partial charge on any atom is 0.341 e. The van der Waals surface area contributed by atoms with E-state index in [1.807, 2.05) is 13.8 Å². The number of pyridine rings is 1. The average Bonchev–Trinajstić information content (AvgIpc) is 2.87. The number of aryl methyl sites for hydroxylation is 2. The Morgan fingerprint density at radius 3 is 2.60 bits per heavy atom. The Bertz CT molecular complexity index is 774. The molecule has 0 aromatic carbocycles. The minimum atomic E-state index is -0.393. The third-order valence-electron chi connectivity index (χ3n) is 3.27. The van der Waals surface area contributed by atoms with Gasteiger partial charge in [-0.3, -0.25) is 4.79 Å². The highest BCUT2D eigenvalue weighted by Crippen LogP contribution is 2.35. The number of ether oxygens (including phenoxy) is 2. The molecule has 6 nitrogen and oxygen atoms in total. The SMILES string of the molecule is CCOC(=O)Cc1sc(Sc2nccc(C)c2C(=O)OCC)nc1C. The summed E-state index contributed by atoms with van der Waals surface area (Å²) in [6.45, 7) is 7.90. The minimum absolute atomic E-state index is 0.198. The van der Waals surface area contributed by atoms with E-state index in [9.17, 15) is 9.59 Å². The molecule has 0 N–H and O–H groups in total. The van der Waals surface area contributed by atoms with Gasteiger partial charge in [0.15, 0.2) is 4.34 Å². The van der Waals surface area contributed by atoms with Crippen molar-refractivity contribution in [1.82, 2.24) is 9.97 Å². The number of nitrogens with zero attached hydrogens (tertiary/aromatic N) is 2. The normalized spacial score (nSPS) is 10.6. The second-order valence-electron chi connectivity index (χ2n) is 5.10. The maximum atomic E-state index is 12.2. The van der Waals surface area contributed by atoms with Gasteiger partial charge in [-0.25, -0.2) is 14.8 Å². The number of hydrogen-bond donors (Lipinski definition) is 0. The molecule has 0 saturated heterocycles. The van der Waals surface area contributed by atoms with Gasteiger partial charge in [0.25, 0.3) is 0 Å². The maximum absolute atomic E-state index is 12.2. The monoisotopic (exact) mass is 380 g/mol. The summed E-state index contributed by atoms with van der Waals surface area (Å²) >= 11 is 2.71. The van der Waals surface area contributed by atoms with Gasteiger partial charge < -0.3 is 9.47 Å². The lowest BCUT2D eigenvalue weighted by Crippen LogP contribution is -2.09. The highest BCUT2D eigenvalue weighted by Gasteiger charge is 2.20. The van der Waals surface area contributed by atoms with Gasteiger partial charge in [-0.05, 0) is 51.1 Å². The van der Waals surface area contributed by atoms with E-state index in [-0.39, 0.29) is 12.4 Å². The molecule has 0 aliphatic heterocycles. The molecule has 2 aromatic heterocycles. The molecule has 2 heterocycles. The van der Waals surface area contributed by atoms with Crippen molar-refractivity contribution in [1.29, 1.82) is 0 Å². The van der Waals surface area contributed by atoms with Crippen molar-refractivity contribution >= 4 is 35.0 Å². The van der Waals surface area contributed by atoms with Gasteiger partial charge in [-0.15, -0.1) is 11.3 Å². The molecule has 2 aromatic rings. The first-order valence-corrected chi connectivity index (χ1v) is 9.52. The van der Waals surface area contributed by atoms with Crippen LogP contribution in [0.5, 0.6) is 0 Å². The van der Waals surface area contributed by atoms with Crippen LogP contribution in [0.25, 0.3) is 0 Å². The molecule has 0 aliphatic carbocycles. The van der Waals surface area contributed by atoms with E-state index in [0.717, 1.165) is 20.5 Å². The predicted octanol–water partition coefficient (Wildman–Crippen LogP) is 3.59. The third-order valence-corrected chi connectivity index (χ3v) is 5.49. The van der Waals surface area contributed by atoms with Gasteiger partial charge in [0, 0.05) is 11.1 Å². The zero-order chi connectivity index (χ0) is 18.4. The van der Waals surface area contributed by atoms with Crippen LogP contribution in [0.15, 0.2) is 21.6 Å². The van der Waals surface area contributed by atoms with Gasteiger partial charge >= 0.3 is 11.9 Å². The van der Waals surface area contributed by atoms with Crippen molar-refractivity contribution in [2.75, 3.05) is 13.2 Å². The van der Waals surface area contributed by atoms with E-state index in [1.165, 1.54) is 23.1 Å². The molecule has 0 fully saturated rings. The molecule has 25 heavy (non-hydrogen) atoms. The number of thiazole rings is 1. The van der Waals surface area contributed by atoms with Crippen LogP contribution in [0.3, 0.4) is 0 Å². The number of hydrogen-bond acceptors (Lipinski definition) is 8.